The summed E-state index contributed by atoms with van der Waals surface area (Å²) in [6.45, 7) is 6.51. The molecule has 0 radical (unpaired) electrons. The monoisotopic (exact) mass is 358 g/mol. The van der Waals surface area contributed by atoms with Crippen LogP contribution in [-0.2, 0) is 16.6 Å². The van der Waals surface area contributed by atoms with Gasteiger partial charge in [-0.05, 0) is 31.0 Å². The molecular weight excluding hydrogens is 331 g/mol. The zero-order chi connectivity index (χ0) is 18.0. The van der Waals surface area contributed by atoms with Gasteiger partial charge < -0.3 is 10.6 Å². The van der Waals surface area contributed by atoms with Crippen molar-refractivity contribution in [2.24, 2.45) is 4.99 Å². The number of nitrogens with one attached hydrogen (secondary N) is 2. The highest BCUT2D eigenvalue weighted by molar-refractivity contribution is 7.88. The average molecular weight is 358 g/mol. The van der Waals surface area contributed by atoms with Gasteiger partial charge in [-0.1, -0.05) is 19.1 Å². The van der Waals surface area contributed by atoms with Crippen molar-refractivity contribution in [3.05, 3.63) is 35.6 Å². The second-order valence-corrected chi connectivity index (χ2v) is 7.34. The molecule has 0 atom stereocenters. The lowest BCUT2D eigenvalue weighted by Crippen LogP contribution is -2.39. The Morgan fingerprint density at radius 3 is 2.42 bits per heavy atom. The predicted molar refractivity (Wildman–Crippen MR) is 95.9 cm³/mol. The van der Waals surface area contributed by atoms with Crippen molar-refractivity contribution in [1.29, 1.82) is 0 Å². The van der Waals surface area contributed by atoms with Gasteiger partial charge in [0.2, 0.25) is 10.0 Å². The maximum absolute atomic E-state index is 12.9. The molecule has 0 aliphatic rings. The van der Waals surface area contributed by atoms with Gasteiger partial charge in [-0.15, -0.1) is 0 Å². The molecule has 0 spiro atoms. The third-order valence-electron chi connectivity index (χ3n) is 3.38. The molecule has 0 amide bonds. The Labute approximate surface area is 144 Å². The first-order chi connectivity index (χ1) is 11.4. The Hall–Kier alpha value is -1.67. The first-order valence-corrected chi connectivity index (χ1v) is 9.93. The third-order valence-corrected chi connectivity index (χ3v) is 4.75. The lowest BCUT2D eigenvalue weighted by atomic mass is 10.2. The maximum atomic E-state index is 12.9. The first kappa shape index (κ1) is 20.4. The molecule has 0 bridgehead atoms. The molecule has 0 saturated heterocycles. The Morgan fingerprint density at radius 2 is 1.88 bits per heavy atom. The SMILES string of the molecule is CCNC(=NCc1ccc(F)cc1)NCCCN(CC)S(C)(=O)=O. The Bertz CT molecular complexity index is 617. The molecule has 2 N–H and O–H groups in total. The van der Waals surface area contributed by atoms with E-state index in [4.69, 9.17) is 0 Å². The lowest BCUT2D eigenvalue weighted by Gasteiger charge is -2.18. The largest absolute Gasteiger partial charge is 0.357 e. The highest BCUT2D eigenvalue weighted by Gasteiger charge is 2.13. The van der Waals surface area contributed by atoms with Crippen LogP contribution in [0.1, 0.15) is 25.8 Å². The lowest BCUT2D eigenvalue weighted by molar-refractivity contribution is 0.424. The number of sulfonamides is 1. The van der Waals surface area contributed by atoms with Crippen molar-refractivity contribution in [3.8, 4) is 0 Å². The summed E-state index contributed by atoms with van der Waals surface area (Å²) >= 11 is 0. The molecule has 0 unspecified atom stereocenters. The van der Waals surface area contributed by atoms with E-state index >= 15 is 0 Å². The molecule has 24 heavy (non-hydrogen) atoms. The van der Waals surface area contributed by atoms with Crippen molar-refractivity contribution in [1.82, 2.24) is 14.9 Å². The van der Waals surface area contributed by atoms with E-state index in [2.05, 4.69) is 15.6 Å². The van der Waals surface area contributed by atoms with Crippen molar-refractivity contribution >= 4 is 16.0 Å². The van der Waals surface area contributed by atoms with E-state index in [-0.39, 0.29) is 5.82 Å². The van der Waals surface area contributed by atoms with Crippen LogP contribution >= 0.6 is 0 Å². The van der Waals surface area contributed by atoms with Crippen LogP contribution in [0.4, 0.5) is 4.39 Å². The average Bonchev–Trinajstić information content (AvgIpc) is 2.52. The van der Waals surface area contributed by atoms with Crippen molar-refractivity contribution in [2.45, 2.75) is 26.8 Å². The normalized spacial score (nSPS) is 12.5. The van der Waals surface area contributed by atoms with Crippen molar-refractivity contribution in [2.75, 3.05) is 32.4 Å². The molecule has 0 aromatic heterocycles. The fraction of sp³-hybridized carbons (Fsp3) is 0.562. The maximum Gasteiger partial charge on any atom is 0.211 e. The number of benzene rings is 1. The highest BCUT2D eigenvalue weighted by atomic mass is 32.2. The van der Waals surface area contributed by atoms with E-state index in [0.717, 1.165) is 12.1 Å². The fourth-order valence-corrected chi connectivity index (χ4v) is 3.05. The molecule has 0 heterocycles. The van der Waals surface area contributed by atoms with Gasteiger partial charge in [-0.2, -0.15) is 0 Å². The van der Waals surface area contributed by atoms with Crippen LogP contribution in [0.15, 0.2) is 29.3 Å². The van der Waals surface area contributed by atoms with Crippen molar-refractivity contribution < 1.29 is 12.8 Å². The van der Waals surface area contributed by atoms with Crippen LogP contribution in [0, 0.1) is 5.82 Å². The van der Waals surface area contributed by atoms with Gasteiger partial charge in [-0.25, -0.2) is 22.1 Å². The fourth-order valence-electron chi connectivity index (χ4n) is 2.12. The second-order valence-electron chi connectivity index (χ2n) is 5.36. The number of aliphatic imine (C=N–C) groups is 1. The molecule has 6 nitrogen and oxygen atoms in total. The number of nitrogens with zero attached hydrogens (tertiary/aromatic N) is 2. The first-order valence-electron chi connectivity index (χ1n) is 8.08. The summed E-state index contributed by atoms with van der Waals surface area (Å²) in [5.74, 6) is 0.392. The number of hydrogen-bond acceptors (Lipinski definition) is 3. The van der Waals surface area contributed by atoms with Crippen LogP contribution in [0.2, 0.25) is 0 Å². The standard InChI is InChI=1S/C16H27FN4O2S/c1-4-18-16(20-13-14-7-9-15(17)10-8-14)19-11-6-12-21(5-2)24(3,22)23/h7-10H,4-6,11-13H2,1-3H3,(H2,18,19,20). The van der Waals surface area contributed by atoms with Gasteiger partial charge in [0.1, 0.15) is 5.82 Å². The van der Waals surface area contributed by atoms with Gasteiger partial charge in [0.05, 0.1) is 12.8 Å². The van der Waals surface area contributed by atoms with E-state index in [1.807, 2.05) is 13.8 Å². The third kappa shape index (κ3) is 7.74. The van der Waals surface area contributed by atoms with Gasteiger partial charge in [0, 0.05) is 26.2 Å². The molecule has 1 aromatic rings. The Kier molecular flexibility index (Phi) is 8.70. The van der Waals surface area contributed by atoms with E-state index in [1.54, 1.807) is 12.1 Å². The van der Waals surface area contributed by atoms with Gasteiger partial charge in [0.15, 0.2) is 5.96 Å². The van der Waals surface area contributed by atoms with Crippen molar-refractivity contribution in [3.63, 3.8) is 0 Å². The highest BCUT2D eigenvalue weighted by Crippen LogP contribution is 2.04. The molecule has 136 valence electrons. The minimum atomic E-state index is -3.15. The number of halogens is 1. The summed E-state index contributed by atoms with van der Waals surface area (Å²) in [6, 6.07) is 6.23. The molecule has 0 aliphatic heterocycles. The van der Waals surface area contributed by atoms with Gasteiger partial charge in [0.25, 0.3) is 0 Å². The van der Waals surface area contributed by atoms with E-state index in [9.17, 15) is 12.8 Å². The summed E-state index contributed by atoms with van der Waals surface area (Å²) in [7, 11) is -3.15. The summed E-state index contributed by atoms with van der Waals surface area (Å²) < 4.78 is 37.4. The van der Waals surface area contributed by atoms with Crippen LogP contribution in [0.3, 0.4) is 0 Å². The van der Waals surface area contributed by atoms with E-state index in [0.29, 0.717) is 38.6 Å². The smallest absolute Gasteiger partial charge is 0.211 e. The molecule has 1 aromatic carbocycles. The predicted octanol–water partition coefficient (Wildman–Crippen LogP) is 1.55. The van der Waals surface area contributed by atoms with Gasteiger partial charge in [-0.3, -0.25) is 0 Å². The number of guanidine groups is 1. The quantitative estimate of drug-likeness (QED) is 0.399. The number of rotatable bonds is 9. The van der Waals surface area contributed by atoms with E-state index < -0.39 is 10.0 Å². The van der Waals surface area contributed by atoms with Crippen LogP contribution in [0.25, 0.3) is 0 Å². The van der Waals surface area contributed by atoms with Crippen LogP contribution in [-0.4, -0.2) is 51.1 Å². The van der Waals surface area contributed by atoms with E-state index in [1.165, 1.54) is 22.7 Å². The second kappa shape index (κ2) is 10.2. The minimum Gasteiger partial charge on any atom is -0.357 e. The molecule has 0 saturated carbocycles. The molecule has 1 rings (SSSR count). The zero-order valence-corrected chi connectivity index (χ0v) is 15.4. The van der Waals surface area contributed by atoms with Crippen LogP contribution < -0.4 is 10.6 Å². The summed E-state index contributed by atoms with van der Waals surface area (Å²) in [4.78, 5) is 4.44. The topological polar surface area (TPSA) is 73.8 Å². The summed E-state index contributed by atoms with van der Waals surface area (Å²) in [5, 5.41) is 6.31. The zero-order valence-electron chi connectivity index (χ0n) is 14.5. The van der Waals surface area contributed by atoms with Gasteiger partial charge >= 0.3 is 0 Å². The molecule has 8 heteroatoms. The van der Waals surface area contributed by atoms with Crippen LogP contribution in [0.5, 0.6) is 0 Å². The summed E-state index contributed by atoms with van der Waals surface area (Å²) in [5.41, 5.74) is 0.919. The molecule has 0 fully saturated rings. The summed E-state index contributed by atoms with van der Waals surface area (Å²) in [6.07, 6.45) is 1.90. The minimum absolute atomic E-state index is 0.265. The Balaban J connectivity index is 2.48. The number of hydrogen-bond donors (Lipinski definition) is 2. The molecule has 0 aliphatic carbocycles. The Morgan fingerprint density at radius 1 is 1.21 bits per heavy atom. The molecular formula is C16H27FN4O2S.